The number of amides is 1. The van der Waals surface area contributed by atoms with Crippen LogP contribution in [0.1, 0.15) is 63.5 Å². The van der Waals surface area contributed by atoms with Gasteiger partial charge in [-0.15, -0.1) is 0 Å². The lowest BCUT2D eigenvalue weighted by Gasteiger charge is -2.40. The van der Waals surface area contributed by atoms with E-state index in [2.05, 4.69) is 9.80 Å². The average Bonchev–Trinajstić information content (AvgIpc) is 3.34. The number of esters is 1. The van der Waals surface area contributed by atoms with Crippen molar-refractivity contribution >= 4 is 28.8 Å². The molecule has 0 saturated carbocycles. The first-order valence-corrected chi connectivity index (χ1v) is 14.1. The number of fused-ring (bicyclic) bond motifs is 1. The lowest BCUT2D eigenvalue weighted by molar-refractivity contribution is -0.136. The number of likely N-dealkylation sites (tertiary alicyclic amines) is 2. The smallest absolute Gasteiger partial charge is 0.338 e. The van der Waals surface area contributed by atoms with E-state index in [9.17, 15) is 9.59 Å². The van der Waals surface area contributed by atoms with Crippen LogP contribution < -0.4 is 0 Å². The summed E-state index contributed by atoms with van der Waals surface area (Å²) in [7, 11) is 1.41. The van der Waals surface area contributed by atoms with Crippen molar-refractivity contribution in [1.82, 2.24) is 14.7 Å². The Morgan fingerprint density at radius 3 is 2.44 bits per heavy atom. The van der Waals surface area contributed by atoms with Gasteiger partial charge in [0.1, 0.15) is 0 Å². The number of thioether (sulfide) groups is 1. The molecule has 2 fully saturated rings. The molecule has 0 bridgehead atoms. The van der Waals surface area contributed by atoms with Crippen LogP contribution in [-0.2, 0) is 14.3 Å². The molecule has 0 radical (unpaired) electrons. The molecule has 2 saturated heterocycles. The number of benzene rings is 1. The van der Waals surface area contributed by atoms with Gasteiger partial charge in [-0.3, -0.25) is 4.79 Å². The molecule has 1 unspecified atom stereocenters. The SMILES string of the molecule is CCC1=C(C(=O)OC)C(c2ccccc2)N2C(CC(=O)N3CCC(N4CCCCC4)CC3)=CSC2=N1. The third kappa shape index (κ3) is 4.98. The van der Waals surface area contributed by atoms with Crippen LogP contribution in [-0.4, -0.2) is 71.1 Å². The molecule has 1 atom stereocenters. The molecule has 5 rings (SSSR count). The molecule has 4 aliphatic heterocycles. The van der Waals surface area contributed by atoms with Crippen LogP contribution in [0.3, 0.4) is 0 Å². The fourth-order valence-corrected chi connectivity index (χ4v) is 6.83. The minimum absolute atomic E-state index is 0.150. The second-order valence-electron chi connectivity index (χ2n) is 9.90. The van der Waals surface area contributed by atoms with Gasteiger partial charge in [0.2, 0.25) is 5.91 Å². The molecule has 8 heteroatoms. The summed E-state index contributed by atoms with van der Waals surface area (Å²) in [6, 6.07) is 10.2. The largest absolute Gasteiger partial charge is 0.466 e. The van der Waals surface area contributed by atoms with Crippen LogP contribution in [0.25, 0.3) is 0 Å². The first kappa shape index (κ1) is 25.1. The van der Waals surface area contributed by atoms with Gasteiger partial charge in [0, 0.05) is 24.8 Å². The Morgan fingerprint density at radius 2 is 1.78 bits per heavy atom. The number of allylic oxidation sites excluding steroid dienone is 1. The van der Waals surface area contributed by atoms with Gasteiger partial charge in [0.15, 0.2) is 5.17 Å². The molecular weight excluding hydrogens is 472 g/mol. The van der Waals surface area contributed by atoms with Crippen molar-refractivity contribution < 1.29 is 14.3 Å². The Kier molecular flexibility index (Phi) is 7.82. The van der Waals surface area contributed by atoms with Gasteiger partial charge in [-0.05, 0) is 56.2 Å². The second kappa shape index (κ2) is 11.2. The van der Waals surface area contributed by atoms with Crippen LogP contribution in [0.2, 0.25) is 0 Å². The van der Waals surface area contributed by atoms with Gasteiger partial charge >= 0.3 is 5.97 Å². The zero-order chi connectivity index (χ0) is 25.1. The van der Waals surface area contributed by atoms with E-state index in [1.165, 1.54) is 51.2 Å². The standard InChI is InChI=1S/C28H36N4O3S/c1-3-23-25(27(34)35-2)26(20-10-6-4-7-11-20)32-22(19-36-28(32)29-23)18-24(33)31-16-12-21(13-17-31)30-14-8-5-9-15-30/h4,6-7,10-11,19,21,26H,3,5,8-9,12-18H2,1-2H3. The molecule has 7 nitrogen and oxygen atoms in total. The van der Waals surface area contributed by atoms with E-state index in [0.29, 0.717) is 24.5 Å². The molecular formula is C28H36N4O3S. The van der Waals surface area contributed by atoms with Crippen LogP contribution in [0.4, 0.5) is 0 Å². The minimum atomic E-state index is -0.370. The number of carbonyl (C=O) groups is 2. The molecule has 0 spiro atoms. The highest BCUT2D eigenvalue weighted by Gasteiger charge is 2.42. The zero-order valence-corrected chi connectivity index (χ0v) is 22.1. The molecule has 4 heterocycles. The zero-order valence-electron chi connectivity index (χ0n) is 21.3. The normalized spacial score (nSPS) is 23.3. The molecule has 192 valence electrons. The number of piperidine rings is 2. The predicted octanol–water partition coefficient (Wildman–Crippen LogP) is 4.69. The van der Waals surface area contributed by atoms with Crippen LogP contribution in [0.5, 0.6) is 0 Å². The summed E-state index contributed by atoms with van der Waals surface area (Å²) in [6.07, 6.45) is 6.99. The van der Waals surface area contributed by atoms with Crippen LogP contribution >= 0.6 is 11.8 Å². The third-order valence-corrected chi connectivity index (χ3v) is 8.69. The highest BCUT2D eigenvalue weighted by molar-refractivity contribution is 8.16. The number of carbonyl (C=O) groups excluding carboxylic acids is 2. The van der Waals surface area contributed by atoms with Crippen LogP contribution in [0, 0.1) is 0 Å². The third-order valence-electron chi connectivity index (χ3n) is 7.80. The maximum Gasteiger partial charge on any atom is 0.338 e. The fourth-order valence-electron chi connectivity index (χ4n) is 5.89. The Balaban J connectivity index is 1.33. The Hall–Kier alpha value is -2.58. The number of rotatable bonds is 6. The summed E-state index contributed by atoms with van der Waals surface area (Å²) < 4.78 is 5.20. The average molecular weight is 509 g/mol. The van der Waals surface area contributed by atoms with Crippen molar-refractivity contribution in [1.29, 1.82) is 0 Å². The number of amidine groups is 1. The summed E-state index contributed by atoms with van der Waals surface area (Å²) in [5.41, 5.74) is 3.18. The Labute approximate surface area is 218 Å². The van der Waals surface area contributed by atoms with Gasteiger partial charge in [0.25, 0.3) is 0 Å². The molecule has 1 aromatic carbocycles. The van der Waals surface area contributed by atoms with Crippen molar-refractivity contribution in [3.8, 4) is 0 Å². The predicted molar refractivity (Wildman–Crippen MR) is 143 cm³/mol. The number of methoxy groups -OCH3 is 1. The van der Waals surface area contributed by atoms with Gasteiger partial charge in [-0.1, -0.05) is 55.4 Å². The minimum Gasteiger partial charge on any atom is -0.466 e. The number of hydrogen-bond donors (Lipinski definition) is 0. The molecule has 0 aromatic heterocycles. The van der Waals surface area contributed by atoms with E-state index < -0.39 is 0 Å². The van der Waals surface area contributed by atoms with E-state index in [1.54, 1.807) is 0 Å². The summed E-state index contributed by atoms with van der Waals surface area (Å²) in [5, 5.41) is 2.85. The molecule has 1 amide bonds. The summed E-state index contributed by atoms with van der Waals surface area (Å²) >= 11 is 1.53. The van der Waals surface area contributed by atoms with E-state index in [1.807, 2.05) is 47.6 Å². The summed E-state index contributed by atoms with van der Waals surface area (Å²) in [4.78, 5) is 38.0. The topological polar surface area (TPSA) is 65.5 Å². The van der Waals surface area contributed by atoms with E-state index in [-0.39, 0.29) is 17.9 Å². The van der Waals surface area contributed by atoms with E-state index in [0.717, 1.165) is 48.1 Å². The Morgan fingerprint density at radius 1 is 1.06 bits per heavy atom. The lowest BCUT2D eigenvalue weighted by atomic mass is 9.93. The second-order valence-corrected chi connectivity index (χ2v) is 10.7. The highest BCUT2D eigenvalue weighted by atomic mass is 32.2. The van der Waals surface area contributed by atoms with Crippen molar-refractivity contribution in [3.05, 3.63) is 58.3 Å². The lowest BCUT2D eigenvalue weighted by Crippen LogP contribution is -2.48. The van der Waals surface area contributed by atoms with Crippen molar-refractivity contribution in [3.63, 3.8) is 0 Å². The molecule has 0 N–H and O–H groups in total. The van der Waals surface area contributed by atoms with E-state index in [4.69, 9.17) is 9.73 Å². The number of hydrogen-bond acceptors (Lipinski definition) is 7. The van der Waals surface area contributed by atoms with Crippen molar-refractivity contribution in [2.45, 2.75) is 64.0 Å². The van der Waals surface area contributed by atoms with Crippen LogP contribution in [0.15, 0.2) is 57.7 Å². The first-order chi connectivity index (χ1) is 17.6. The van der Waals surface area contributed by atoms with Crippen molar-refractivity contribution in [2.24, 2.45) is 4.99 Å². The quantitative estimate of drug-likeness (QED) is 0.520. The number of ether oxygens (including phenoxy) is 1. The monoisotopic (exact) mass is 508 g/mol. The number of aliphatic imine (C=N–C) groups is 1. The molecule has 36 heavy (non-hydrogen) atoms. The van der Waals surface area contributed by atoms with Gasteiger partial charge in [-0.2, -0.15) is 0 Å². The maximum atomic E-state index is 13.4. The van der Waals surface area contributed by atoms with Gasteiger partial charge in [0.05, 0.1) is 30.8 Å². The molecule has 1 aromatic rings. The Bertz CT molecular complexity index is 1070. The summed E-state index contributed by atoms with van der Waals surface area (Å²) in [6.45, 7) is 6.05. The van der Waals surface area contributed by atoms with Crippen molar-refractivity contribution in [2.75, 3.05) is 33.3 Å². The fraction of sp³-hybridized carbons (Fsp3) is 0.536. The summed E-state index contributed by atoms with van der Waals surface area (Å²) in [5.74, 6) is -0.220. The maximum absolute atomic E-state index is 13.4. The molecule has 4 aliphatic rings. The van der Waals surface area contributed by atoms with Gasteiger partial charge < -0.3 is 19.4 Å². The van der Waals surface area contributed by atoms with E-state index >= 15 is 0 Å². The van der Waals surface area contributed by atoms with Gasteiger partial charge in [-0.25, -0.2) is 9.79 Å². The molecule has 0 aliphatic carbocycles. The number of nitrogens with zero attached hydrogens (tertiary/aromatic N) is 4. The first-order valence-electron chi connectivity index (χ1n) is 13.2. The highest BCUT2D eigenvalue weighted by Crippen LogP contribution is 2.45.